The van der Waals surface area contributed by atoms with Crippen molar-refractivity contribution in [1.29, 1.82) is 0 Å². The molecule has 6 N–H and O–H groups in total. The fourth-order valence-corrected chi connectivity index (χ4v) is 1.03. The minimum absolute atomic E-state index is 0. The molecule has 1 aromatic carbocycles. The van der Waals surface area contributed by atoms with E-state index in [-0.39, 0.29) is 6.15 Å². The van der Waals surface area contributed by atoms with E-state index in [0.717, 1.165) is 0 Å². The zero-order valence-corrected chi connectivity index (χ0v) is 7.78. The molecule has 72 valence electrons. The highest BCUT2D eigenvalue weighted by Gasteiger charge is 2.08. The van der Waals surface area contributed by atoms with E-state index < -0.39 is 11.9 Å². The van der Waals surface area contributed by atoms with Crippen molar-refractivity contribution in [3.05, 3.63) is 29.8 Å². The van der Waals surface area contributed by atoms with Gasteiger partial charge in [-0.3, -0.25) is 0 Å². The van der Waals surface area contributed by atoms with Crippen molar-refractivity contribution in [3.8, 4) is 0 Å². The number of carboxylic acids is 1. The third-order valence-corrected chi connectivity index (χ3v) is 1.82. The van der Waals surface area contributed by atoms with E-state index in [9.17, 15) is 9.90 Å². The van der Waals surface area contributed by atoms with Crippen LogP contribution in [0.2, 0.25) is 0 Å². The molecule has 4 nitrogen and oxygen atoms in total. The summed E-state index contributed by atoms with van der Waals surface area (Å²) in [5.74, 6) is -1.75. The molecule has 0 aliphatic rings. The molecule has 0 heterocycles. The van der Waals surface area contributed by atoms with Crippen LogP contribution in [0.15, 0.2) is 24.3 Å². The average molecular weight is 182 g/mol. The van der Waals surface area contributed by atoms with E-state index in [0.29, 0.717) is 11.3 Å². The lowest BCUT2D eigenvalue weighted by atomic mass is 10.00. The molecular weight excluding hydrogens is 168 g/mol. The van der Waals surface area contributed by atoms with Crippen LogP contribution in [0.1, 0.15) is 18.4 Å². The Morgan fingerprint density at radius 3 is 2.46 bits per heavy atom. The number of carboxylic acid groups (broad SMARTS) is 1. The average Bonchev–Trinajstić information content (AvgIpc) is 2.04. The van der Waals surface area contributed by atoms with Gasteiger partial charge in [-0.2, -0.15) is 0 Å². The summed E-state index contributed by atoms with van der Waals surface area (Å²) >= 11 is 0. The summed E-state index contributed by atoms with van der Waals surface area (Å²) in [6, 6.07) is 6.89. The fourth-order valence-electron chi connectivity index (χ4n) is 1.03. The first kappa shape index (κ1) is 11.4. The number of hydrogen-bond donors (Lipinski definition) is 2. The molecule has 0 aliphatic carbocycles. The van der Waals surface area contributed by atoms with E-state index in [1.165, 1.54) is 0 Å². The number of anilines is 1. The molecule has 0 radical (unpaired) electrons. The Kier molecular flexibility index (Phi) is 3.94. The first-order valence-electron chi connectivity index (χ1n) is 3.68. The summed E-state index contributed by atoms with van der Waals surface area (Å²) < 4.78 is 0. The SMILES string of the molecule is CC(C(=O)[O-])c1ccccc1N.[NH4+]. The molecule has 0 aromatic heterocycles. The molecule has 0 spiro atoms. The lowest BCUT2D eigenvalue weighted by Gasteiger charge is -2.14. The number of carbonyl (C=O) groups excluding carboxylic acids is 1. The summed E-state index contributed by atoms with van der Waals surface area (Å²) in [7, 11) is 0. The molecule has 0 fully saturated rings. The van der Waals surface area contributed by atoms with Gasteiger partial charge in [-0.25, -0.2) is 0 Å². The predicted molar refractivity (Wildman–Crippen MR) is 50.3 cm³/mol. The molecule has 4 heteroatoms. The summed E-state index contributed by atoms with van der Waals surface area (Å²) in [5.41, 5.74) is 6.67. The molecule has 0 saturated heterocycles. The first-order valence-corrected chi connectivity index (χ1v) is 3.68. The second-order valence-corrected chi connectivity index (χ2v) is 2.67. The van der Waals surface area contributed by atoms with Gasteiger partial charge in [-0.15, -0.1) is 0 Å². The standard InChI is InChI=1S/C9H11NO2.H3N/c1-6(9(11)12)7-4-2-3-5-8(7)10;/h2-6H,10H2,1H3,(H,11,12);1H3. The molecular formula is C9H14N2O2. The van der Waals surface area contributed by atoms with Gasteiger partial charge in [0.1, 0.15) is 0 Å². The Bertz CT molecular complexity index is 299. The number of aliphatic carboxylic acids is 1. The second-order valence-electron chi connectivity index (χ2n) is 2.67. The molecule has 0 aliphatic heterocycles. The van der Waals surface area contributed by atoms with Crippen LogP contribution in [0.5, 0.6) is 0 Å². The van der Waals surface area contributed by atoms with E-state index in [1.807, 2.05) is 0 Å². The number of hydrogen-bond acceptors (Lipinski definition) is 3. The lowest BCUT2D eigenvalue weighted by molar-refractivity contribution is -0.307. The Balaban J connectivity index is 0.00000144. The highest BCUT2D eigenvalue weighted by atomic mass is 16.4. The van der Waals surface area contributed by atoms with Crippen LogP contribution in [0.3, 0.4) is 0 Å². The van der Waals surface area contributed by atoms with Crippen molar-refractivity contribution in [2.24, 2.45) is 0 Å². The van der Waals surface area contributed by atoms with Crippen LogP contribution in [0, 0.1) is 0 Å². The van der Waals surface area contributed by atoms with Crippen LogP contribution in [0.4, 0.5) is 5.69 Å². The van der Waals surface area contributed by atoms with Gasteiger partial charge >= 0.3 is 0 Å². The Morgan fingerprint density at radius 1 is 1.46 bits per heavy atom. The van der Waals surface area contributed by atoms with Gasteiger partial charge in [-0.1, -0.05) is 25.1 Å². The highest BCUT2D eigenvalue weighted by molar-refractivity contribution is 5.76. The third kappa shape index (κ3) is 2.45. The highest BCUT2D eigenvalue weighted by Crippen LogP contribution is 2.20. The van der Waals surface area contributed by atoms with E-state index in [1.54, 1.807) is 31.2 Å². The van der Waals surface area contributed by atoms with Gasteiger partial charge in [-0.05, 0) is 11.6 Å². The zero-order valence-electron chi connectivity index (χ0n) is 7.78. The van der Waals surface area contributed by atoms with Crippen molar-refractivity contribution in [2.75, 3.05) is 5.73 Å². The molecule has 1 rings (SSSR count). The van der Waals surface area contributed by atoms with Gasteiger partial charge in [0.2, 0.25) is 0 Å². The van der Waals surface area contributed by atoms with Crippen LogP contribution in [0.25, 0.3) is 0 Å². The zero-order chi connectivity index (χ0) is 9.14. The van der Waals surface area contributed by atoms with Crippen molar-refractivity contribution in [3.63, 3.8) is 0 Å². The number of para-hydroxylation sites is 1. The summed E-state index contributed by atoms with van der Waals surface area (Å²) in [4.78, 5) is 10.5. The smallest absolute Gasteiger partial charge is 0.0487 e. The maximum absolute atomic E-state index is 10.5. The maximum atomic E-state index is 10.5. The lowest BCUT2D eigenvalue weighted by Crippen LogP contribution is -2.28. The van der Waals surface area contributed by atoms with Gasteiger partial charge < -0.3 is 21.8 Å². The summed E-state index contributed by atoms with van der Waals surface area (Å²) in [6.45, 7) is 1.56. The molecule has 0 bridgehead atoms. The van der Waals surface area contributed by atoms with Crippen LogP contribution in [-0.2, 0) is 4.79 Å². The molecule has 1 atom stereocenters. The summed E-state index contributed by atoms with van der Waals surface area (Å²) in [5, 5.41) is 10.5. The number of nitrogens with two attached hydrogens (primary N) is 1. The monoisotopic (exact) mass is 182 g/mol. The predicted octanol–water partition coefficient (Wildman–Crippen LogP) is 0.498. The molecule has 0 saturated carbocycles. The Morgan fingerprint density at radius 2 is 2.00 bits per heavy atom. The van der Waals surface area contributed by atoms with Crippen LogP contribution >= 0.6 is 0 Å². The number of benzene rings is 1. The minimum atomic E-state index is -1.10. The van der Waals surface area contributed by atoms with Gasteiger partial charge in [0, 0.05) is 17.6 Å². The van der Waals surface area contributed by atoms with Crippen molar-refractivity contribution in [1.82, 2.24) is 6.15 Å². The number of carbonyl (C=O) groups is 1. The van der Waals surface area contributed by atoms with Gasteiger partial charge in [0.15, 0.2) is 0 Å². The minimum Gasteiger partial charge on any atom is -0.550 e. The van der Waals surface area contributed by atoms with Gasteiger partial charge in [0.05, 0.1) is 0 Å². The second kappa shape index (κ2) is 4.47. The largest absolute Gasteiger partial charge is 0.550 e. The maximum Gasteiger partial charge on any atom is 0.0487 e. The molecule has 1 unspecified atom stereocenters. The van der Waals surface area contributed by atoms with Crippen molar-refractivity contribution >= 4 is 11.7 Å². The quantitative estimate of drug-likeness (QED) is 0.651. The Hall–Kier alpha value is -1.55. The van der Waals surface area contributed by atoms with E-state index in [2.05, 4.69) is 0 Å². The van der Waals surface area contributed by atoms with Crippen molar-refractivity contribution < 1.29 is 9.90 Å². The number of quaternary nitrogens is 1. The summed E-state index contributed by atoms with van der Waals surface area (Å²) in [6.07, 6.45) is 0. The van der Waals surface area contributed by atoms with Crippen LogP contribution in [-0.4, -0.2) is 5.97 Å². The molecule has 13 heavy (non-hydrogen) atoms. The number of nitrogen functional groups attached to an aromatic ring is 1. The Labute approximate surface area is 77.0 Å². The fraction of sp³-hybridized carbons (Fsp3) is 0.222. The molecule has 1 aromatic rings. The van der Waals surface area contributed by atoms with Crippen molar-refractivity contribution in [2.45, 2.75) is 12.8 Å². The normalized spacial score (nSPS) is 11.5. The molecule has 0 amide bonds. The van der Waals surface area contributed by atoms with Crippen LogP contribution < -0.4 is 17.0 Å². The topological polar surface area (TPSA) is 103 Å². The van der Waals surface area contributed by atoms with Gasteiger partial charge in [0.25, 0.3) is 0 Å². The first-order chi connectivity index (χ1) is 5.63. The van der Waals surface area contributed by atoms with E-state index >= 15 is 0 Å². The number of rotatable bonds is 2. The third-order valence-electron chi connectivity index (χ3n) is 1.82. The van der Waals surface area contributed by atoms with E-state index in [4.69, 9.17) is 5.73 Å².